The summed E-state index contributed by atoms with van der Waals surface area (Å²) in [6, 6.07) is 0. The third-order valence-corrected chi connectivity index (χ3v) is 2.50. The number of nitrogens with zero attached hydrogens (tertiary/aromatic N) is 4. The largest absolute Gasteiger partial charge is 0.241 e. The minimum Gasteiger partial charge on any atom is -0.239 e. The van der Waals surface area contributed by atoms with Crippen molar-refractivity contribution in [3.8, 4) is 0 Å². The third-order valence-electron chi connectivity index (χ3n) is 2.33. The van der Waals surface area contributed by atoms with Gasteiger partial charge in [0.1, 0.15) is 11.3 Å². The molecule has 0 amide bonds. The summed E-state index contributed by atoms with van der Waals surface area (Å²) in [5.74, 6) is 1.32. The predicted octanol–water partition coefficient (Wildman–Crippen LogP) is 2.29. The molecule has 74 valence electrons. The molecule has 1 atom stereocenters. The normalized spacial score (nSPS) is 13.4. The first-order valence-corrected chi connectivity index (χ1v) is 4.96. The lowest BCUT2D eigenvalue weighted by Crippen LogP contribution is -2.03. The fraction of sp³-hybridized carbons (Fsp3) is 0.444. The molecule has 0 aliphatic carbocycles. The van der Waals surface area contributed by atoms with Crippen LogP contribution < -0.4 is 0 Å². The zero-order valence-corrected chi connectivity index (χ0v) is 8.86. The van der Waals surface area contributed by atoms with Crippen molar-refractivity contribution in [3.05, 3.63) is 23.5 Å². The average Bonchev–Trinajstić information content (AvgIpc) is 2.59. The summed E-state index contributed by atoms with van der Waals surface area (Å²) >= 11 is 5.72. The van der Waals surface area contributed by atoms with Crippen LogP contribution in [0.15, 0.2) is 12.4 Å². The number of halogens is 1. The molecule has 0 bridgehead atoms. The Hall–Kier alpha value is -1.16. The highest BCUT2D eigenvalue weighted by atomic mass is 35.5. The highest BCUT2D eigenvalue weighted by molar-refractivity contribution is 6.28. The first kappa shape index (κ1) is 9.40. The summed E-state index contributed by atoms with van der Waals surface area (Å²) in [7, 11) is 0. The zero-order valence-electron chi connectivity index (χ0n) is 8.11. The van der Waals surface area contributed by atoms with Crippen LogP contribution in [0.25, 0.3) is 5.52 Å². The molecule has 0 aromatic carbocycles. The number of hydrogen-bond donors (Lipinski definition) is 0. The minimum atomic E-state index is 0.250. The quantitative estimate of drug-likeness (QED) is 0.764. The van der Waals surface area contributed by atoms with Crippen LogP contribution in [0, 0.1) is 0 Å². The second kappa shape index (κ2) is 3.53. The van der Waals surface area contributed by atoms with Crippen LogP contribution in [-0.2, 0) is 0 Å². The average molecular weight is 211 g/mol. The molecular weight excluding hydrogens is 200 g/mol. The predicted molar refractivity (Wildman–Crippen MR) is 54.5 cm³/mol. The molecule has 14 heavy (non-hydrogen) atoms. The Morgan fingerprint density at radius 3 is 2.86 bits per heavy atom. The molecule has 0 spiro atoms. The Bertz CT molecular complexity index is 451. The van der Waals surface area contributed by atoms with Crippen LogP contribution in [0.1, 0.15) is 32.0 Å². The van der Waals surface area contributed by atoms with E-state index in [0.29, 0.717) is 5.92 Å². The Morgan fingerprint density at radius 1 is 1.43 bits per heavy atom. The fourth-order valence-electron chi connectivity index (χ4n) is 1.32. The van der Waals surface area contributed by atoms with Gasteiger partial charge in [0.2, 0.25) is 5.28 Å². The maximum Gasteiger partial charge on any atom is 0.241 e. The summed E-state index contributed by atoms with van der Waals surface area (Å²) in [6.45, 7) is 4.24. The smallest absolute Gasteiger partial charge is 0.239 e. The van der Waals surface area contributed by atoms with E-state index >= 15 is 0 Å². The van der Waals surface area contributed by atoms with Gasteiger partial charge >= 0.3 is 0 Å². The summed E-state index contributed by atoms with van der Waals surface area (Å²) < 4.78 is 1.75. The lowest BCUT2D eigenvalue weighted by Gasteiger charge is -2.05. The molecule has 2 aromatic rings. The number of aromatic nitrogens is 4. The number of fused-ring (bicyclic) bond motifs is 1. The first-order valence-electron chi connectivity index (χ1n) is 4.58. The summed E-state index contributed by atoms with van der Waals surface area (Å²) in [5.41, 5.74) is 0.879. The standard InChI is InChI=1S/C9H11ClN4/c1-3-6(2)8-11-4-7-5-12-9(10)13-14(7)8/h4-6H,3H2,1-2H3. The Morgan fingerprint density at radius 2 is 2.14 bits per heavy atom. The molecule has 0 aliphatic heterocycles. The van der Waals surface area contributed by atoms with Crippen LogP contribution in [0.3, 0.4) is 0 Å². The van der Waals surface area contributed by atoms with Crippen molar-refractivity contribution >= 4 is 17.1 Å². The lowest BCUT2D eigenvalue weighted by atomic mass is 10.1. The lowest BCUT2D eigenvalue weighted by molar-refractivity contribution is 0.650. The van der Waals surface area contributed by atoms with E-state index in [1.54, 1.807) is 16.9 Å². The molecule has 0 saturated heterocycles. The Balaban J connectivity index is 2.61. The topological polar surface area (TPSA) is 43.1 Å². The maximum absolute atomic E-state index is 5.72. The van der Waals surface area contributed by atoms with E-state index in [0.717, 1.165) is 17.8 Å². The molecule has 0 N–H and O–H groups in total. The van der Waals surface area contributed by atoms with Gasteiger partial charge < -0.3 is 0 Å². The molecule has 0 aliphatic rings. The van der Waals surface area contributed by atoms with Gasteiger partial charge in [0.25, 0.3) is 0 Å². The molecule has 0 fully saturated rings. The van der Waals surface area contributed by atoms with Crippen molar-refractivity contribution in [1.29, 1.82) is 0 Å². The molecule has 5 heteroatoms. The van der Waals surface area contributed by atoms with E-state index in [1.807, 2.05) is 0 Å². The van der Waals surface area contributed by atoms with E-state index in [9.17, 15) is 0 Å². The van der Waals surface area contributed by atoms with Gasteiger partial charge in [-0.15, -0.1) is 5.10 Å². The fourth-order valence-corrected chi connectivity index (χ4v) is 1.44. The minimum absolute atomic E-state index is 0.250. The molecule has 2 heterocycles. The van der Waals surface area contributed by atoms with E-state index in [1.165, 1.54) is 0 Å². The highest BCUT2D eigenvalue weighted by Crippen LogP contribution is 2.17. The molecular formula is C9H11ClN4. The van der Waals surface area contributed by atoms with Gasteiger partial charge in [0.05, 0.1) is 12.4 Å². The second-order valence-electron chi connectivity index (χ2n) is 3.29. The van der Waals surface area contributed by atoms with Crippen molar-refractivity contribution in [3.63, 3.8) is 0 Å². The SMILES string of the molecule is CCC(C)c1ncc2cnc(Cl)nn12. The van der Waals surface area contributed by atoms with Crippen molar-refractivity contribution < 1.29 is 0 Å². The number of imidazole rings is 1. The van der Waals surface area contributed by atoms with Gasteiger partial charge in [-0.3, -0.25) is 0 Å². The van der Waals surface area contributed by atoms with Gasteiger partial charge in [-0.1, -0.05) is 13.8 Å². The molecule has 0 radical (unpaired) electrons. The highest BCUT2D eigenvalue weighted by Gasteiger charge is 2.11. The second-order valence-corrected chi connectivity index (χ2v) is 3.63. The Kier molecular flexibility index (Phi) is 2.37. The Labute approximate surface area is 86.9 Å². The van der Waals surface area contributed by atoms with Crippen LogP contribution in [-0.4, -0.2) is 19.6 Å². The van der Waals surface area contributed by atoms with Crippen LogP contribution in [0.2, 0.25) is 5.28 Å². The summed E-state index contributed by atoms with van der Waals surface area (Å²) in [6.07, 6.45) is 4.47. The molecule has 4 nitrogen and oxygen atoms in total. The van der Waals surface area contributed by atoms with Gasteiger partial charge in [-0.25, -0.2) is 14.5 Å². The molecule has 2 aromatic heterocycles. The summed E-state index contributed by atoms with van der Waals surface area (Å²) in [5, 5.41) is 4.36. The van der Waals surface area contributed by atoms with Crippen molar-refractivity contribution in [2.24, 2.45) is 0 Å². The van der Waals surface area contributed by atoms with Crippen molar-refractivity contribution in [2.75, 3.05) is 0 Å². The van der Waals surface area contributed by atoms with Crippen LogP contribution >= 0.6 is 11.6 Å². The van der Waals surface area contributed by atoms with Crippen molar-refractivity contribution in [1.82, 2.24) is 19.6 Å². The number of rotatable bonds is 2. The van der Waals surface area contributed by atoms with Gasteiger partial charge in [-0.05, 0) is 18.0 Å². The van der Waals surface area contributed by atoms with Crippen LogP contribution in [0.5, 0.6) is 0 Å². The van der Waals surface area contributed by atoms with Crippen molar-refractivity contribution in [2.45, 2.75) is 26.2 Å². The van der Waals surface area contributed by atoms with Gasteiger partial charge in [-0.2, -0.15) is 0 Å². The van der Waals surface area contributed by atoms with Crippen LogP contribution in [0.4, 0.5) is 0 Å². The van der Waals surface area contributed by atoms with E-state index < -0.39 is 0 Å². The van der Waals surface area contributed by atoms with E-state index in [2.05, 4.69) is 28.9 Å². The monoisotopic (exact) mass is 210 g/mol. The number of hydrogen-bond acceptors (Lipinski definition) is 3. The molecule has 2 rings (SSSR count). The van der Waals surface area contributed by atoms with E-state index in [4.69, 9.17) is 11.6 Å². The molecule has 0 saturated carbocycles. The molecule has 1 unspecified atom stereocenters. The van der Waals surface area contributed by atoms with Gasteiger partial charge in [0.15, 0.2) is 0 Å². The third kappa shape index (κ3) is 1.46. The summed E-state index contributed by atoms with van der Waals surface area (Å²) in [4.78, 5) is 8.21. The maximum atomic E-state index is 5.72. The van der Waals surface area contributed by atoms with Gasteiger partial charge in [0, 0.05) is 5.92 Å². The first-order chi connectivity index (χ1) is 6.72. The van der Waals surface area contributed by atoms with E-state index in [-0.39, 0.29) is 5.28 Å². The zero-order chi connectivity index (χ0) is 10.1.